The molecule has 1 unspecified atom stereocenters. The largest absolute Gasteiger partial charge is 0.496 e. The van der Waals surface area contributed by atoms with Crippen molar-refractivity contribution < 1.29 is 4.74 Å². The number of rotatable bonds is 4. The predicted molar refractivity (Wildman–Crippen MR) is 64.0 cm³/mol. The lowest BCUT2D eigenvalue weighted by molar-refractivity contribution is 0.405. The van der Waals surface area contributed by atoms with E-state index in [0.29, 0.717) is 12.3 Å². The highest BCUT2D eigenvalue weighted by atomic mass is 79.9. The van der Waals surface area contributed by atoms with Crippen molar-refractivity contribution in [3.8, 4) is 11.8 Å². The van der Waals surface area contributed by atoms with Gasteiger partial charge in [0.15, 0.2) is 0 Å². The highest BCUT2D eigenvalue weighted by molar-refractivity contribution is 9.10. The number of methoxy groups -OCH3 is 1. The van der Waals surface area contributed by atoms with E-state index in [4.69, 9.17) is 10.00 Å². The van der Waals surface area contributed by atoms with Crippen LogP contribution in [0.5, 0.6) is 5.75 Å². The molecule has 0 spiro atoms. The summed E-state index contributed by atoms with van der Waals surface area (Å²) < 4.78 is 6.34. The van der Waals surface area contributed by atoms with Crippen LogP contribution in [0.1, 0.15) is 31.2 Å². The zero-order valence-corrected chi connectivity index (χ0v) is 10.5. The Balaban J connectivity index is 2.90. The first-order chi connectivity index (χ1) is 7.19. The number of hydrogen-bond acceptors (Lipinski definition) is 2. The van der Waals surface area contributed by atoms with Gasteiger partial charge >= 0.3 is 0 Å². The van der Waals surface area contributed by atoms with E-state index in [0.717, 1.165) is 22.2 Å². The van der Waals surface area contributed by atoms with Gasteiger partial charge in [-0.15, -0.1) is 0 Å². The van der Waals surface area contributed by atoms with Crippen LogP contribution in [-0.4, -0.2) is 7.11 Å². The van der Waals surface area contributed by atoms with Crippen molar-refractivity contribution in [2.75, 3.05) is 7.11 Å². The molecule has 1 atom stereocenters. The molecule has 80 valence electrons. The molecule has 0 bridgehead atoms. The second kappa shape index (κ2) is 5.77. The number of nitrogens with zero attached hydrogens (tertiary/aromatic N) is 1. The zero-order valence-electron chi connectivity index (χ0n) is 8.96. The molecular formula is C12H14BrNO. The quantitative estimate of drug-likeness (QED) is 0.830. The summed E-state index contributed by atoms with van der Waals surface area (Å²) in [5.41, 5.74) is 1.15. The average molecular weight is 268 g/mol. The first-order valence-corrected chi connectivity index (χ1v) is 5.68. The fourth-order valence-electron chi connectivity index (χ4n) is 1.53. The Morgan fingerprint density at radius 1 is 1.53 bits per heavy atom. The Hall–Kier alpha value is -1.01. The van der Waals surface area contributed by atoms with Crippen LogP contribution in [0.15, 0.2) is 22.7 Å². The first kappa shape index (κ1) is 12.1. The lowest BCUT2D eigenvalue weighted by Crippen LogP contribution is -1.97. The van der Waals surface area contributed by atoms with E-state index in [1.165, 1.54) is 0 Å². The predicted octanol–water partition coefficient (Wildman–Crippen LogP) is 3.86. The summed E-state index contributed by atoms with van der Waals surface area (Å²) in [5.74, 6) is 1.24. The van der Waals surface area contributed by atoms with Gasteiger partial charge in [0, 0.05) is 10.9 Å². The smallest absolute Gasteiger partial charge is 0.122 e. The third kappa shape index (κ3) is 3.24. The van der Waals surface area contributed by atoms with Gasteiger partial charge in [0.25, 0.3) is 0 Å². The SMILES string of the molecule is COc1ccc(Br)cc1C(C)CCC#N. The molecule has 0 heterocycles. The van der Waals surface area contributed by atoms with Crippen molar-refractivity contribution in [2.45, 2.75) is 25.7 Å². The summed E-state index contributed by atoms with van der Waals surface area (Å²) in [6, 6.07) is 8.13. The van der Waals surface area contributed by atoms with Gasteiger partial charge in [-0.25, -0.2) is 0 Å². The summed E-state index contributed by atoms with van der Waals surface area (Å²) in [6.45, 7) is 2.11. The third-order valence-corrected chi connectivity index (χ3v) is 2.91. The normalized spacial score (nSPS) is 11.9. The molecule has 0 amide bonds. The molecule has 1 aromatic rings. The van der Waals surface area contributed by atoms with Crippen LogP contribution >= 0.6 is 15.9 Å². The Kier molecular flexibility index (Phi) is 4.64. The van der Waals surface area contributed by atoms with Crippen LogP contribution in [0.3, 0.4) is 0 Å². The number of halogens is 1. The van der Waals surface area contributed by atoms with Crippen molar-refractivity contribution >= 4 is 15.9 Å². The number of benzene rings is 1. The molecule has 0 fully saturated rings. The topological polar surface area (TPSA) is 33.0 Å². The molecule has 15 heavy (non-hydrogen) atoms. The Morgan fingerprint density at radius 2 is 2.27 bits per heavy atom. The Bertz CT molecular complexity index is 370. The van der Waals surface area contributed by atoms with Crippen molar-refractivity contribution in [1.82, 2.24) is 0 Å². The van der Waals surface area contributed by atoms with Gasteiger partial charge < -0.3 is 4.74 Å². The highest BCUT2D eigenvalue weighted by Crippen LogP contribution is 2.31. The zero-order chi connectivity index (χ0) is 11.3. The minimum Gasteiger partial charge on any atom is -0.496 e. The van der Waals surface area contributed by atoms with Gasteiger partial charge in [0.05, 0.1) is 13.2 Å². The summed E-state index contributed by atoms with van der Waals surface area (Å²) >= 11 is 3.44. The molecule has 2 nitrogen and oxygen atoms in total. The van der Waals surface area contributed by atoms with Crippen LogP contribution in [0.4, 0.5) is 0 Å². The molecule has 0 N–H and O–H groups in total. The van der Waals surface area contributed by atoms with E-state index in [1.807, 2.05) is 12.1 Å². The standard InChI is InChI=1S/C12H14BrNO/c1-9(4-3-7-14)11-8-10(13)5-6-12(11)15-2/h5-6,8-9H,3-4H2,1-2H3. The Labute approximate surface area is 99.0 Å². The van der Waals surface area contributed by atoms with E-state index in [-0.39, 0.29) is 0 Å². The summed E-state index contributed by atoms with van der Waals surface area (Å²) in [5, 5.41) is 8.55. The maximum Gasteiger partial charge on any atom is 0.122 e. The van der Waals surface area contributed by atoms with E-state index in [2.05, 4.69) is 35.0 Å². The summed E-state index contributed by atoms with van der Waals surface area (Å²) in [6.07, 6.45) is 1.44. The second-order valence-electron chi connectivity index (χ2n) is 3.48. The maximum atomic E-state index is 8.55. The lowest BCUT2D eigenvalue weighted by Gasteiger charge is -2.14. The molecular weight excluding hydrogens is 254 g/mol. The molecule has 0 saturated heterocycles. The number of ether oxygens (including phenoxy) is 1. The van der Waals surface area contributed by atoms with Crippen molar-refractivity contribution in [1.29, 1.82) is 5.26 Å². The minimum atomic E-state index is 0.345. The molecule has 1 aromatic carbocycles. The van der Waals surface area contributed by atoms with Gasteiger partial charge in [-0.1, -0.05) is 22.9 Å². The average Bonchev–Trinajstić information content (AvgIpc) is 2.25. The molecule has 0 saturated carbocycles. The van der Waals surface area contributed by atoms with Gasteiger partial charge in [0.1, 0.15) is 5.75 Å². The van der Waals surface area contributed by atoms with Crippen LogP contribution in [0.25, 0.3) is 0 Å². The van der Waals surface area contributed by atoms with E-state index >= 15 is 0 Å². The molecule has 0 aliphatic carbocycles. The monoisotopic (exact) mass is 267 g/mol. The van der Waals surface area contributed by atoms with Crippen molar-refractivity contribution in [3.63, 3.8) is 0 Å². The van der Waals surface area contributed by atoms with Crippen LogP contribution < -0.4 is 4.74 Å². The second-order valence-corrected chi connectivity index (χ2v) is 4.40. The lowest BCUT2D eigenvalue weighted by atomic mass is 9.96. The number of nitriles is 1. The molecule has 0 aliphatic heterocycles. The summed E-state index contributed by atoms with van der Waals surface area (Å²) in [7, 11) is 1.67. The van der Waals surface area contributed by atoms with E-state index in [1.54, 1.807) is 7.11 Å². The minimum absolute atomic E-state index is 0.345. The third-order valence-electron chi connectivity index (χ3n) is 2.41. The van der Waals surface area contributed by atoms with Crippen LogP contribution in [0, 0.1) is 11.3 Å². The van der Waals surface area contributed by atoms with Crippen molar-refractivity contribution in [3.05, 3.63) is 28.2 Å². The van der Waals surface area contributed by atoms with E-state index in [9.17, 15) is 0 Å². The van der Waals surface area contributed by atoms with Crippen LogP contribution in [0.2, 0.25) is 0 Å². The van der Waals surface area contributed by atoms with Gasteiger partial charge in [-0.05, 0) is 36.1 Å². The van der Waals surface area contributed by atoms with Crippen molar-refractivity contribution in [2.24, 2.45) is 0 Å². The van der Waals surface area contributed by atoms with Gasteiger partial charge in [-0.3, -0.25) is 0 Å². The fourth-order valence-corrected chi connectivity index (χ4v) is 1.91. The number of hydrogen-bond donors (Lipinski definition) is 0. The summed E-state index contributed by atoms with van der Waals surface area (Å²) in [4.78, 5) is 0. The highest BCUT2D eigenvalue weighted by Gasteiger charge is 2.11. The molecule has 3 heteroatoms. The molecule has 1 rings (SSSR count). The fraction of sp³-hybridized carbons (Fsp3) is 0.417. The maximum absolute atomic E-state index is 8.55. The molecule has 0 aromatic heterocycles. The van der Waals surface area contributed by atoms with E-state index < -0.39 is 0 Å². The molecule has 0 radical (unpaired) electrons. The van der Waals surface area contributed by atoms with Gasteiger partial charge in [-0.2, -0.15) is 5.26 Å². The Morgan fingerprint density at radius 3 is 2.87 bits per heavy atom. The van der Waals surface area contributed by atoms with Crippen LogP contribution in [-0.2, 0) is 0 Å². The first-order valence-electron chi connectivity index (χ1n) is 4.89. The molecule has 0 aliphatic rings. The van der Waals surface area contributed by atoms with Gasteiger partial charge in [0.2, 0.25) is 0 Å².